The molecule has 1 N–H and O–H groups in total. The third-order valence-electron chi connectivity index (χ3n) is 0.479. The maximum absolute atomic E-state index is 8.67. The van der Waals surface area contributed by atoms with Crippen molar-refractivity contribution in [2.75, 3.05) is 13.2 Å². The van der Waals surface area contributed by atoms with Gasteiger partial charge in [0.1, 0.15) is 0 Å². The van der Waals surface area contributed by atoms with E-state index in [0.717, 1.165) is 0 Å². The monoisotopic (exact) mass is 177 g/mol. The van der Waals surface area contributed by atoms with Crippen molar-refractivity contribution >= 4 is 16.4 Å². The Morgan fingerprint density at radius 3 is 1.91 bits per heavy atom. The van der Waals surface area contributed by atoms with Gasteiger partial charge in [-0.15, -0.1) is 0 Å². The maximum atomic E-state index is 8.67. The Bertz CT molecular complexity index is 102. The van der Waals surface area contributed by atoms with Crippen LogP contribution in [-0.4, -0.2) is 26.0 Å². The van der Waals surface area contributed by atoms with E-state index < -0.39 is 8.60 Å². The molecule has 0 fully saturated rings. The number of nitriles is 1. The molecule has 0 aromatic carbocycles. The highest BCUT2D eigenvalue weighted by atomic mass is 31.2. The van der Waals surface area contributed by atoms with Gasteiger partial charge in [-0.2, -0.15) is 0 Å². The molecule has 0 unspecified atom stereocenters. The van der Waals surface area contributed by atoms with Crippen LogP contribution in [0.25, 0.3) is 0 Å². The van der Waals surface area contributed by atoms with Crippen LogP contribution in [0.15, 0.2) is 0 Å². The smallest absolute Gasteiger partial charge is 0.328 e. The highest BCUT2D eigenvalue weighted by Crippen LogP contribution is 2.31. The summed E-state index contributed by atoms with van der Waals surface area (Å²) < 4.78 is 9.36. The molecule has 64 valence electrons. The lowest BCUT2D eigenvalue weighted by Crippen LogP contribution is -1.87. The Kier molecular flexibility index (Phi) is 15.3. The molecule has 0 spiro atoms. The fourth-order valence-corrected chi connectivity index (χ4v) is 0.774. The Balaban J connectivity index is 0. The van der Waals surface area contributed by atoms with Gasteiger partial charge in [-0.25, -0.2) is 5.26 Å². The van der Waals surface area contributed by atoms with Crippen LogP contribution in [0.4, 0.5) is 0 Å². The van der Waals surface area contributed by atoms with E-state index in [1.165, 1.54) is 7.85 Å². The summed E-state index contributed by atoms with van der Waals surface area (Å²) in [5.41, 5.74) is 0. The standard InChI is InChI=1S/C4H11O3P.CH2BN/c1-3-6-8(5)7-4-2;2-1-3/h5H,3-4H2,1-2H3;2H2. The van der Waals surface area contributed by atoms with Crippen molar-refractivity contribution in [2.45, 2.75) is 13.8 Å². The van der Waals surface area contributed by atoms with Crippen molar-refractivity contribution in [1.29, 1.82) is 5.26 Å². The van der Waals surface area contributed by atoms with Gasteiger partial charge in [-0.1, -0.05) is 0 Å². The maximum Gasteiger partial charge on any atom is 0.329 e. The third kappa shape index (κ3) is 17.7. The van der Waals surface area contributed by atoms with E-state index in [4.69, 9.17) is 10.2 Å². The van der Waals surface area contributed by atoms with E-state index in [9.17, 15) is 0 Å². The minimum absolute atomic E-state index is 0.502. The van der Waals surface area contributed by atoms with E-state index >= 15 is 0 Å². The summed E-state index contributed by atoms with van der Waals surface area (Å²) in [5.74, 6) is 1.75. The largest absolute Gasteiger partial charge is 0.329 e. The topological polar surface area (TPSA) is 62.5 Å². The van der Waals surface area contributed by atoms with Crippen LogP contribution >= 0.6 is 8.60 Å². The van der Waals surface area contributed by atoms with Gasteiger partial charge in [-0.3, -0.25) is 0 Å². The zero-order chi connectivity index (χ0) is 9.11. The summed E-state index contributed by atoms with van der Waals surface area (Å²) in [6.45, 7) is 4.62. The average molecular weight is 177 g/mol. The third-order valence-corrected chi connectivity index (χ3v) is 1.44. The number of hydrogen-bond acceptors (Lipinski definition) is 4. The van der Waals surface area contributed by atoms with Crippen LogP contribution in [0.5, 0.6) is 0 Å². The first-order valence-electron chi connectivity index (χ1n) is 3.28. The molecule has 6 heteroatoms. The number of hydrogen-bond donors (Lipinski definition) is 1. The SMILES string of the molecule is BC#N.CCOP(O)OCC. The summed E-state index contributed by atoms with van der Waals surface area (Å²) in [4.78, 5) is 8.67. The van der Waals surface area contributed by atoms with Crippen LogP contribution in [0.1, 0.15) is 13.8 Å². The second-order valence-electron chi connectivity index (χ2n) is 1.30. The predicted octanol–water partition coefficient (Wildman–Crippen LogP) is 0.379. The average Bonchev–Trinajstić information content (AvgIpc) is 1.90. The molecule has 0 radical (unpaired) electrons. The first-order chi connectivity index (χ1) is 5.22. The van der Waals surface area contributed by atoms with Gasteiger partial charge in [0.15, 0.2) is 0 Å². The summed E-state index contributed by atoms with van der Waals surface area (Å²) in [5, 5.41) is 7.32. The minimum atomic E-state index is -1.58. The van der Waals surface area contributed by atoms with Crippen LogP contribution in [-0.2, 0) is 9.05 Å². The van der Waals surface area contributed by atoms with E-state index in [2.05, 4.69) is 9.05 Å². The van der Waals surface area contributed by atoms with Gasteiger partial charge in [0.05, 0.1) is 13.2 Å². The van der Waals surface area contributed by atoms with E-state index in [0.29, 0.717) is 13.2 Å². The lowest BCUT2D eigenvalue weighted by molar-refractivity contribution is 0.216. The molecule has 0 aromatic heterocycles. The first-order valence-corrected chi connectivity index (χ1v) is 4.41. The fraction of sp³-hybridized carbons (Fsp3) is 0.800. The van der Waals surface area contributed by atoms with Gasteiger partial charge in [0, 0.05) is 0 Å². The zero-order valence-electron chi connectivity index (χ0n) is 7.07. The number of rotatable bonds is 4. The van der Waals surface area contributed by atoms with E-state index in [-0.39, 0.29) is 0 Å². The van der Waals surface area contributed by atoms with Crippen molar-refractivity contribution < 1.29 is 13.9 Å². The zero-order valence-corrected chi connectivity index (χ0v) is 7.97. The summed E-state index contributed by atoms with van der Waals surface area (Å²) in [6.07, 6.45) is 0. The fourth-order valence-electron chi connectivity index (χ4n) is 0.258. The summed E-state index contributed by atoms with van der Waals surface area (Å²) in [7, 11) is -0.150. The van der Waals surface area contributed by atoms with E-state index in [1.54, 1.807) is 5.97 Å². The van der Waals surface area contributed by atoms with Gasteiger partial charge in [0.2, 0.25) is 7.85 Å². The minimum Gasteiger partial charge on any atom is -0.328 e. The van der Waals surface area contributed by atoms with Crippen molar-refractivity contribution in [3.05, 3.63) is 0 Å². The van der Waals surface area contributed by atoms with E-state index in [1.807, 2.05) is 13.8 Å². The quantitative estimate of drug-likeness (QED) is 0.497. The van der Waals surface area contributed by atoms with Crippen LogP contribution < -0.4 is 0 Å². The van der Waals surface area contributed by atoms with Crippen molar-refractivity contribution in [1.82, 2.24) is 0 Å². The second-order valence-corrected chi connectivity index (χ2v) is 2.29. The molecule has 0 amide bonds. The molecule has 0 rings (SSSR count). The molecule has 4 nitrogen and oxygen atoms in total. The van der Waals surface area contributed by atoms with Gasteiger partial charge in [-0.05, 0) is 19.8 Å². The molecule has 0 atom stereocenters. The van der Waals surface area contributed by atoms with Gasteiger partial charge >= 0.3 is 8.60 Å². The molecular formula is C5H13BNO3P. The summed E-state index contributed by atoms with van der Waals surface area (Å²) >= 11 is 0. The molecule has 0 bridgehead atoms. The molecule has 0 aliphatic carbocycles. The molecule has 0 heterocycles. The highest BCUT2D eigenvalue weighted by molar-refractivity contribution is 7.40. The van der Waals surface area contributed by atoms with Crippen molar-refractivity contribution in [2.24, 2.45) is 0 Å². The number of nitrogens with zero attached hydrogens (tertiary/aromatic N) is 1. The Labute approximate surface area is 69.5 Å². The Hall–Kier alpha value is -0.135. The predicted molar refractivity (Wildman–Crippen MR) is 46.5 cm³/mol. The Morgan fingerprint density at radius 2 is 1.73 bits per heavy atom. The first kappa shape index (κ1) is 13.5. The second kappa shape index (κ2) is 12.5. The lowest BCUT2D eigenvalue weighted by Gasteiger charge is -2.05. The van der Waals surface area contributed by atoms with Crippen LogP contribution in [0.2, 0.25) is 0 Å². The van der Waals surface area contributed by atoms with Crippen molar-refractivity contribution in [3.63, 3.8) is 0 Å². The van der Waals surface area contributed by atoms with Gasteiger partial charge < -0.3 is 13.9 Å². The lowest BCUT2D eigenvalue weighted by atomic mass is 10.2. The highest BCUT2D eigenvalue weighted by Gasteiger charge is 2.00. The Morgan fingerprint density at radius 1 is 1.45 bits per heavy atom. The normalized spacial score (nSPS) is 8.27. The van der Waals surface area contributed by atoms with Crippen LogP contribution in [0.3, 0.4) is 0 Å². The van der Waals surface area contributed by atoms with Gasteiger partial charge in [0.25, 0.3) is 0 Å². The molecule has 0 aliphatic rings. The molecule has 0 saturated heterocycles. The van der Waals surface area contributed by atoms with Crippen LogP contribution in [0, 0.1) is 11.2 Å². The molecule has 0 saturated carbocycles. The molecule has 0 aromatic rings. The molecule has 11 heavy (non-hydrogen) atoms. The van der Waals surface area contributed by atoms with Crippen molar-refractivity contribution in [3.8, 4) is 5.97 Å². The molecule has 0 aliphatic heterocycles. The molecular weight excluding hydrogens is 164 g/mol. The summed E-state index contributed by atoms with van der Waals surface area (Å²) in [6, 6.07) is 0.